The van der Waals surface area contributed by atoms with Gasteiger partial charge < -0.3 is 20.4 Å². The highest BCUT2D eigenvalue weighted by atomic mass is 16.4. The Balaban J connectivity index is 2.12. The topological polar surface area (TPSA) is 89.9 Å². The highest BCUT2D eigenvalue weighted by Crippen LogP contribution is 2.25. The van der Waals surface area contributed by atoms with E-state index in [0.29, 0.717) is 18.2 Å². The van der Waals surface area contributed by atoms with Crippen molar-refractivity contribution in [3.63, 3.8) is 0 Å². The highest BCUT2D eigenvalue weighted by Gasteiger charge is 2.28. The van der Waals surface area contributed by atoms with Gasteiger partial charge in [0.1, 0.15) is 11.3 Å². The van der Waals surface area contributed by atoms with E-state index in [-0.39, 0.29) is 23.4 Å². The molecule has 0 bridgehead atoms. The second kappa shape index (κ2) is 6.03. The average Bonchev–Trinajstić information content (AvgIpc) is 2.43. The molecule has 6 nitrogen and oxygen atoms in total. The number of likely N-dealkylation sites (tertiary alicyclic amines) is 1. The molecule has 2 amide bonds. The number of urea groups is 1. The Morgan fingerprint density at radius 2 is 2.05 bits per heavy atom. The first-order valence-corrected chi connectivity index (χ1v) is 7.04. The van der Waals surface area contributed by atoms with Crippen LogP contribution in [0.5, 0.6) is 5.75 Å². The molecule has 21 heavy (non-hydrogen) atoms. The molecule has 1 saturated heterocycles. The lowest BCUT2D eigenvalue weighted by Gasteiger charge is -2.37. The average molecular weight is 292 g/mol. The minimum absolute atomic E-state index is 0.148. The number of aromatic hydroxyl groups is 1. The molecule has 0 aliphatic carbocycles. The van der Waals surface area contributed by atoms with Crippen molar-refractivity contribution in [2.24, 2.45) is 5.92 Å². The molecule has 2 unspecified atom stereocenters. The van der Waals surface area contributed by atoms with Crippen LogP contribution in [0.2, 0.25) is 0 Å². The number of piperidine rings is 1. The molecule has 6 heteroatoms. The minimum Gasteiger partial charge on any atom is -0.507 e. The number of benzene rings is 1. The fourth-order valence-electron chi connectivity index (χ4n) is 2.60. The summed E-state index contributed by atoms with van der Waals surface area (Å²) in [5.41, 5.74) is 0.133. The largest absolute Gasteiger partial charge is 0.507 e. The van der Waals surface area contributed by atoms with Gasteiger partial charge in [-0.05, 0) is 43.9 Å². The molecule has 1 aliphatic rings. The molecule has 1 fully saturated rings. The summed E-state index contributed by atoms with van der Waals surface area (Å²) in [4.78, 5) is 25.0. The molecule has 1 aliphatic heterocycles. The zero-order chi connectivity index (χ0) is 15.6. The predicted octanol–water partition coefficient (Wildman–Crippen LogP) is 2.74. The number of nitrogens with zero attached hydrogens (tertiary/aromatic N) is 1. The van der Waals surface area contributed by atoms with Gasteiger partial charge in [0.05, 0.1) is 0 Å². The van der Waals surface area contributed by atoms with Gasteiger partial charge in [0, 0.05) is 18.3 Å². The SMILES string of the molecule is CC1CCCN(C(=O)Nc2ccc(O)c(C(=O)O)c2)C1C. The number of hydrogen-bond donors (Lipinski definition) is 3. The molecule has 1 heterocycles. The van der Waals surface area contributed by atoms with E-state index >= 15 is 0 Å². The van der Waals surface area contributed by atoms with Crippen molar-refractivity contribution in [2.75, 3.05) is 11.9 Å². The minimum atomic E-state index is -1.23. The van der Waals surface area contributed by atoms with Gasteiger partial charge in [-0.25, -0.2) is 9.59 Å². The van der Waals surface area contributed by atoms with Crippen LogP contribution in [0.25, 0.3) is 0 Å². The molecule has 2 rings (SSSR count). The summed E-state index contributed by atoms with van der Waals surface area (Å²) in [6.07, 6.45) is 2.07. The van der Waals surface area contributed by atoms with Gasteiger partial charge in [0.2, 0.25) is 0 Å². The number of carboxylic acid groups (broad SMARTS) is 1. The van der Waals surface area contributed by atoms with E-state index in [1.165, 1.54) is 18.2 Å². The van der Waals surface area contributed by atoms with Crippen LogP contribution in [0.1, 0.15) is 37.0 Å². The number of anilines is 1. The summed E-state index contributed by atoms with van der Waals surface area (Å²) in [5, 5.41) is 21.1. The van der Waals surface area contributed by atoms with Gasteiger partial charge in [0.15, 0.2) is 0 Å². The van der Waals surface area contributed by atoms with E-state index in [1.807, 2.05) is 6.92 Å². The maximum absolute atomic E-state index is 12.3. The summed E-state index contributed by atoms with van der Waals surface area (Å²) >= 11 is 0. The monoisotopic (exact) mass is 292 g/mol. The first-order valence-electron chi connectivity index (χ1n) is 7.04. The molecule has 0 saturated carbocycles. The molecular formula is C15H20N2O4. The highest BCUT2D eigenvalue weighted by molar-refractivity contribution is 5.95. The fourth-order valence-corrected chi connectivity index (χ4v) is 2.60. The van der Waals surface area contributed by atoms with Crippen molar-refractivity contribution in [2.45, 2.75) is 32.7 Å². The van der Waals surface area contributed by atoms with Gasteiger partial charge in [-0.2, -0.15) is 0 Å². The van der Waals surface area contributed by atoms with Crippen molar-refractivity contribution in [1.82, 2.24) is 4.90 Å². The van der Waals surface area contributed by atoms with Crippen LogP contribution in [-0.4, -0.2) is 39.7 Å². The van der Waals surface area contributed by atoms with Crippen LogP contribution in [0.15, 0.2) is 18.2 Å². The smallest absolute Gasteiger partial charge is 0.339 e. The van der Waals surface area contributed by atoms with Crippen LogP contribution >= 0.6 is 0 Å². The quantitative estimate of drug-likeness (QED) is 0.731. The maximum atomic E-state index is 12.3. The number of amides is 2. The third-order valence-electron chi connectivity index (χ3n) is 4.11. The standard InChI is InChI=1S/C15H20N2O4/c1-9-4-3-7-17(10(9)2)15(21)16-11-5-6-13(18)12(8-11)14(19)20/h5-6,8-10,18H,3-4,7H2,1-2H3,(H,16,21)(H,19,20). The number of hydrogen-bond acceptors (Lipinski definition) is 3. The summed E-state index contributed by atoms with van der Waals surface area (Å²) in [5.74, 6) is -1.11. The summed E-state index contributed by atoms with van der Waals surface area (Å²) < 4.78 is 0. The van der Waals surface area contributed by atoms with E-state index in [9.17, 15) is 14.7 Å². The zero-order valence-corrected chi connectivity index (χ0v) is 12.2. The molecule has 0 aromatic heterocycles. The first-order chi connectivity index (χ1) is 9.90. The van der Waals surface area contributed by atoms with Crippen molar-refractivity contribution >= 4 is 17.7 Å². The van der Waals surface area contributed by atoms with Crippen molar-refractivity contribution in [1.29, 1.82) is 0 Å². The number of carbonyl (C=O) groups excluding carboxylic acids is 1. The normalized spacial score (nSPS) is 21.9. The van der Waals surface area contributed by atoms with Crippen molar-refractivity contribution in [3.05, 3.63) is 23.8 Å². The third kappa shape index (κ3) is 3.26. The van der Waals surface area contributed by atoms with Crippen LogP contribution in [0.4, 0.5) is 10.5 Å². The lowest BCUT2D eigenvalue weighted by molar-refractivity contribution is 0.0693. The predicted molar refractivity (Wildman–Crippen MR) is 78.7 cm³/mol. The van der Waals surface area contributed by atoms with E-state index in [4.69, 9.17) is 5.11 Å². The Kier molecular flexibility index (Phi) is 4.35. The Morgan fingerprint density at radius 3 is 2.71 bits per heavy atom. The maximum Gasteiger partial charge on any atom is 0.339 e. The second-order valence-electron chi connectivity index (χ2n) is 5.52. The zero-order valence-electron chi connectivity index (χ0n) is 12.2. The lowest BCUT2D eigenvalue weighted by Crippen LogP contribution is -2.47. The van der Waals surface area contributed by atoms with Crippen LogP contribution in [0, 0.1) is 5.92 Å². The van der Waals surface area contributed by atoms with E-state index < -0.39 is 5.97 Å². The third-order valence-corrected chi connectivity index (χ3v) is 4.11. The van der Waals surface area contributed by atoms with Gasteiger partial charge in [-0.15, -0.1) is 0 Å². The number of nitrogens with one attached hydrogen (secondary N) is 1. The lowest BCUT2D eigenvalue weighted by atomic mass is 9.92. The van der Waals surface area contributed by atoms with Gasteiger partial charge in [0.25, 0.3) is 0 Å². The number of carboxylic acids is 1. The molecule has 3 N–H and O–H groups in total. The van der Waals surface area contributed by atoms with Gasteiger partial charge in [-0.1, -0.05) is 6.92 Å². The van der Waals surface area contributed by atoms with Gasteiger partial charge >= 0.3 is 12.0 Å². The Morgan fingerprint density at radius 1 is 1.33 bits per heavy atom. The van der Waals surface area contributed by atoms with Crippen LogP contribution < -0.4 is 5.32 Å². The summed E-state index contributed by atoms with van der Waals surface area (Å²) in [7, 11) is 0. The molecular weight excluding hydrogens is 272 g/mol. The molecule has 114 valence electrons. The summed E-state index contributed by atoms with van der Waals surface area (Å²) in [6, 6.07) is 3.91. The Bertz CT molecular complexity index is 559. The number of carbonyl (C=O) groups is 2. The van der Waals surface area contributed by atoms with E-state index in [1.54, 1.807) is 4.90 Å². The Labute approximate surface area is 123 Å². The molecule has 0 radical (unpaired) electrons. The van der Waals surface area contributed by atoms with Crippen LogP contribution in [0.3, 0.4) is 0 Å². The number of rotatable bonds is 2. The molecule has 0 spiro atoms. The second-order valence-corrected chi connectivity index (χ2v) is 5.52. The molecule has 1 aromatic rings. The Hall–Kier alpha value is -2.24. The number of phenols is 1. The van der Waals surface area contributed by atoms with Crippen LogP contribution in [-0.2, 0) is 0 Å². The van der Waals surface area contributed by atoms with Crippen molar-refractivity contribution < 1.29 is 19.8 Å². The van der Waals surface area contributed by atoms with E-state index in [2.05, 4.69) is 12.2 Å². The van der Waals surface area contributed by atoms with Gasteiger partial charge in [-0.3, -0.25) is 0 Å². The van der Waals surface area contributed by atoms with Crippen molar-refractivity contribution in [3.8, 4) is 5.75 Å². The first kappa shape index (κ1) is 15.2. The molecule has 2 atom stereocenters. The molecule has 1 aromatic carbocycles. The van der Waals surface area contributed by atoms with E-state index in [0.717, 1.165) is 12.8 Å². The summed E-state index contributed by atoms with van der Waals surface area (Å²) in [6.45, 7) is 4.83. The number of aromatic carboxylic acids is 1. The fraction of sp³-hybridized carbons (Fsp3) is 0.467.